The van der Waals surface area contributed by atoms with Gasteiger partial charge in [-0.1, -0.05) is 35.9 Å². The zero-order chi connectivity index (χ0) is 16.9. The van der Waals surface area contributed by atoms with Gasteiger partial charge in [0.25, 0.3) is 0 Å². The lowest BCUT2D eigenvalue weighted by atomic mass is 10.2. The SMILES string of the molecule is O=C(CN1CSCC1=O)Nc1ccccc1Oc1ccccc1Cl. The van der Waals surface area contributed by atoms with E-state index in [0.29, 0.717) is 33.8 Å². The molecule has 124 valence electrons. The van der Waals surface area contributed by atoms with Crippen LogP contribution >= 0.6 is 23.4 Å². The van der Waals surface area contributed by atoms with Gasteiger partial charge in [-0.05, 0) is 24.3 Å². The molecule has 0 atom stereocenters. The second-order valence-electron chi connectivity index (χ2n) is 5.15. The summed E-state index contributed by atoms with van der Waals surface area (Å²) in [6.45, 7) is 0.0340. The van der Waals surface area contributed by atoms with E-state index >= 15 is 0 Å². The maximum absolute atomic E-state index is 12.2. The zero-order valence-corrected chi connectivity index (χ0v) is 14.3. The average Bonchev–Trinajstić information content (AvgIpc) is 2.96. The number of amides is 2. The van der Waals surface area contributed by atoms with Gasteiger partial charge in [0.15, 0.2) is 5.75 Å². The summed E-state index contributed by atoms with van der Waals surface area (Å²) in [5.74, 6) is 1.69. The number of nitrogens with one attached hydrogen (secondary N) is 1. The molecule has 24 heavy (non-hydrogen) atoms. The number of para-hydroxylation sites is 3. The number of halogens is 1. The second-order valence-corrected chi connectivity index (χ2v) is 6.51. The highest BCUT2D eigenvalue weighted by atomic mass is 35.5. The Morgan fingerprint density at radius 3 is 2.58 bits per heavy atom. The Morgan fingerprint density at radius 2 is 1.88 bits per heavy atom. The maximum atomic E-state index is 12.2. The van der Waals surface area contributed by atoms with E-state index in [1.165, 1.54) is 16.7 Å². The third-order valence-corrected chi connectivity index (χ3v) is 4.64. The van der Waals surface area contributed by atoms with Gasteiger partial charge >= 0.3 is 0 Å². The van der Waals surface area contributed by atoms with Crippen LogP contribution in [0.15, 0.2) is 48.5 Å². The summed E-state index contributed by atoms with van der Waals surface area (Å²) in [5, 5.41) is 3.27. The molecule has 7 heteroatoms. The minimum Gasteiger partial charge on any atom is -0.454 e. The predicted molar refractivity (Wildman–Crippen MR) is 95.6 cm³/mol. The van der Waals surface area contributed by atoms with Gasteiger partial charge in [0, 0.05) is 0 Å². The number of nitrogens with zero attached hydrogens (tertiary/aromatic N) is 1. The number of hydrogen-bond donors (Lipinski definition) is 1. The molecule has 1 N–H and O–H groups in total. The number of hydrogen-bond acceptors (Lipinski definition) is 4. The van der Waals surface area contributed by atoms with Crippen LogP contribution in [-0.4, -0.2) is 34.9 Å². The quantitative estimate of drug-likeness (QED) is 0.882. The van der Waals surface area contributed by atoms with E-state index in [0.717, 1.165) is 0 Å². The lowest BCUT2D eigenvalue weighted by Crippen LogP contribution is -2.34. The van der Waals surface area contributed by atoms with Gasteiger partial charge in [-0.3, -0.25) is 9.59 Å². The lowest BCUT2D eigenvalue weighted by Gasteiger charge is -2.16. The van der Waals surface area contributed by atoms with Crippen LogP contribution in [0.25, 0.3) is 0 Å². The van der Waals surface area contributed by atoms with E-state index in [1.54, 1.807) is 30.3 Å². The van der Waals surface area contributed by atoms with E-state index in [9.17, 15) is 9.59 Å². The van der Waals surface area contributed by atoms with Crippen molar-refractivity contribution in [2.45, 2.75) is 0 Å². The van der Waals surface area contributed by atoms with Gasteiger partial charge in [0.1, 0.15) is 12.3 Å². The smallest absolute Gasteiger partial charge is 0.244 e. The van der Waals surface area contributed by atoms with Crippen LogP contribution in [-0.2, 0) is 9.59 Å². The van der Waals surface area contributed by atoms with Crippen molar-refractivity contribution < 1.29 is 14.3 Å². The van der Waals surface area contributed by atoms with Crippen molar-refractivity contribution in [1.29, 1.82) is 0 Å². The summed E-state index contributed by atoms with van der Waals surface area (Å²) in [6, 6.07) is 14.2. The number of rotatable bonds is 5. The van der Waals surface area contributed by atoms with Crippen LogP contribution in [0, 0.1) is 0 Å². The molecule has 0 aliphatic carbocycles. The maximum Gasteiger partial charge on any atom is 0.244 e. The topological polar surface area (TPSA) is 58.6 Å². The molecule has 2 amide bonds. The summed E-state index contributed by atoms with van der Waals surface area (Å²) >= 11 is 7.60. The molecule has 2 aromatic rings. The van der Waals surface area contributed by atoms with Crippen LogP contribution in [0.5, 0.6) is 11.5 Å². The van der Waals surface area contributed by atoms with Crippen LogP contribution in [0.2, 0.25) is 5.02 Å². The van der Waals surface area contributed by atoms with Gasteiger partial charge < -0.3 is 15.0 Å². The van der Waals surface area contributed by atoms with Crippen LogP contribution < -0.4 is 10.1 Å². The Morgan fingerprint density at radius 1 is 1.17 bits per heavy atom. The number of ether oxygens (including phenoxy) is 1. The molecule has 2 aromatic carbocycles. The fraction of sp³-hybridized carbons (Fsp3) is 0.176. The molecule has 5 nitrogen and oxygen atoms in total. The molecule has 0 aromatic heterocycles. The monoisotopic (exact) mass is 362 g/mol. The molecule has 1 aliphatic heterocycles. The molecular formula is C17H15ClN2O3S. The van der Waals surface area contributed by atoms with Gasteiger partial charge in [-0.25, -0.2) is 0 Å². The first-order valence-corrected chi connectivity index (χ1v) is 8.83. The third kappa shape index (κ3) is 4.01. The predicted octanol–water partition coefficient (Wildman–Crippen LogP) is 3.60. The Labute approximate surface area is 148 Å². The zero-order valence-electron chi connectivity index (χ0n) is 12.7. The number of thioether (sulfide) groups is 1. The number of carbonyl (C=O) groups is 2. The average molecular weight is 363 g/mol. The Balaban J connectivity index is 1.71. The molecule has 0 spiro atoms. The number of carbonyl (C=O) groups excluding carboxylic acids is 2. The normalized spacial score (nSPS) is 13.9. The fourth-order valence-electron chi connectivity index (χ4n) is 2.21. The van der Waals surface area contributed by atoms with E-state index in [-0.39, 0.29) is 18.4 Å². The third-order valence-electron chi connectivity index (χ3n) is 3.38. The van der Waals surface area contributed by atoms with Crippen LogP contribution in [0.4, 0.5) is 5.69 Å². The summed E-state index contributed by atoms with van der Waals surface area (Å²) < 4.78 is 5.80. The molecule has 1 heterocycles. The number of anilines is 1. The molecule has 1 aliphatic rings. The Kier molecular flexibility index (Phi) is 5.27. The molecule has 0 unspecified atom stereocenters. The molecule has 3 rings (SSSR count). The molecule has 0 radical (unpaired) electrons. The summed E-state index contributed by atoms with van der Waals surface area (Å²) in [7, 11) is 0. The lowest BCUT2D eigenvalue weighted by molar-refractivity contribution is -0.130. The van der Waals surface area contributed by atoms with Crippen LogP contribution in [0.3, 0.4) is 0 Å². The van der Waals surface area contributed by atoms with E-state index in [1.807, 2.05) is 18.2 Å². The highest BCUT2D eigenvalue weighted by Gasteiger charge is 2.23. The summed E-state index contributed by atoms with van der Waals surface area (Å²) in [6.07, 6.45) is 0. The first kappa shape index (κ1) is 16.7. The highest BCUT2D eigenvalue weighted by molar-refractivity contribution is 8.00. The van der Waals surface area contributed by atoms with Crippen molar-refractivity contribution >= 4 is 40.9 Å². The van der Waals surface area contributed by atoms with Crippen molar-refractivity contribution in [3.63, 3.8) is 0 Å². The second kappa shape index (κ2) is 7.59. The Bertz CT molecular complexity index is 769. The fourth-order valence-corrected chi connectivity index (χ4v) is 3.29. The van der Waals surface area contributed by atoms with Crippen molar-refractivity contribution in [1.82, 2.24) is 4.90 Å². The first-order chi connectivity index (χ1) is 11.6. The van der Waals surface area contributed by atoms with Crippen LogP contribution in [0.1, 0.15) is 0 Å². The first-order valence-electron chi connectivity index (χ1n) is 7.30. The van der Waals surface area contributed by atoms with Crippen molar-refractivity contribution in [3.8, 4) is 11.5 Å². The summed E-state index contributed by atoms with van der Waals surface area (Å²) in [4.78, 5) is 25.3. The number of benzene rings is 2. The summed E-state index contributed by atoms with van der Waals surface area (Å²) in [5.41, 5.74) is 0.529. The van der Waals surface area contributed by atoms with Crippen molar-refractivity contribution in [2.75, 3.05) is 23.5 Å². The largest absolute Gasteiger partial charge is 0.454 e. The van der Waals surface area contributed by atoms with E-state index in [4.69, 9.17) is 16.3 Å². The van der Waals surface area contributed by atoms with Crippen molar-refractivity contribution in [3.05, 3.63) is 53.6 Å². The molecule has 1 fully saturated rings. The molecular weight excluding hydrogens is 348 g/mol. The van der Waals surface area contributed by atoms with Gasteiger partial charge in [0.05, 0.1) is 22.3 Å². The van der Waals surface area contributed by atoms with Crippen molar-refractivity contribution in [2.24, 2.45) is 0 Å². The van der Waals surface area contributed by atoms with Gasteiger partial charge in [-0.15, -0.1) is 11.8 Å². The van der Waals surface area contributed by atoms with Gasteiger partial charge in [0.2, 0.25) is 11.8 Å². The van der Waals surface area contributed by atoms with E-state index in [2.05, 4.69) is 5.32 Å². The minimum atomic E-state index is -0.263. The minimum absolute atomic E-state index is 0.0178. The van der Waals surface area contributed by atoms with E-state index < -0.39 is 0 Å². The molecule has 1 saturated heterocycles. The molecule has 0 saturated carbocycles. The standard InChI is InChI=1S/C17H15ClN2O3S/c18-12-5-1-3-7-14(12)23-15-8-4-2-6-13(15)19-16(21)9-20-11-24-10-17(20)22/h1-8H,9-11H2,(H,19,21). The Hall–Kier alpha value is -2.18. The molecule has 0 bridgehead atoms. The van der Waals surface area contributed by atoms with Gasteiger partial charge in [-0.2, -0.15) is 0 Å². The highest BCUT2D eigenvalue weighted by Crippen LogP contribution is 2.33.